The number of benzene rings is 2. The summed E-state index contributed by atoms with van der Waals surface area (Å²) in [4.78, 5) is 55.4. The van der Waals surface area contributed by atoms with Gasteiger partial charge < -0.3 is 38.8 Å². The van der Waals surface area contributed by atoms with Crippen LogP contribution in [0.1, 0.15) is 20.3 Å². The number of amides is 2. The van der Waals surface area contributed by atoms with Crippen LogP contribution in [-0.2, 0) is 16.1 Å². The maximum atomic E-state index is 13.8. The van der Waals surface area contributed by atoms with E-state index >= 15 is 0 Å². The Kier molecular flexibility index (Phi) is 7.74. The van der Waals surface area contributed by atoms with Gasteiger partial charge in [0.15, 0.2) is 23.0 Å². The lowest BCUT2D eigenvalue weighted by Gasteiger charge is -2.19. The number of nitrogens with zero attached hydrogens (tertiary/aromatic N) is 3. The van der Waals surface area contributed by atoms with Crippen molar-refractivity contribution in [1.82, 2.24) is 19.8 Å². The van der Waals surface area contributed by atoms with Gasteiger partial charge in [0.05, 0.1) is 29.4 Å². The third-order valence-electron chi connectivity index (χ3n) is 7.18. The van der Waals surface area contributed by atoms with Crippen LogP contribution in [0, 0.1) is 5.92 Å². The van der Waals surface area contributed by atoms with Crippen molar-refractivity contribution in [3.63, 3.8) is 0 Å². The van der Waals surface area contributed by atoms with E-state index in [9.17, 15) is 19.2 Å². The average molecular weight is 579 g/mol. The van der Waals surface area contributed by atoms with Crippen LogP contribution >= 0.6 is 0 Å². The number of carboxylic acid groups (broad SMARTS) is 1. The molecule has 1 unspecified atom stereocenters. The van der Waals surface area contributed by atoms with Crippen molar-refractivity contribution in [2.75, 3.05) is 34.0 Å². The first-order chi connectivity index (χ1) is 20.1. The third-order valence-corrected chi connectivity index (χ3v) is 7.18. The predicted molar refractivity (Wildman–Crippen MR) is 152 cm³/mol. The molecule has 0 aliphatic carbocycles. The molecule has 5 rings (SSSR count). The maximum Gasteiger partial charge on any atom is 0.415 e. The molecule has 0 spiro atoms. The second-order valence-corrected chi connectivity index (χ2v) is 9.92. The van der Waals surface area contributed by atoms with Crippen LogP contribution in [0.4, 0.5) is 4.79 Å². The summed E-state index contributed by atoms with van der Waals surface area (Å²) in [5.41, 5.74) is 1.06. The summed E-state index contributed by atoms with van der Waals surface area (Å²) >= 11 is 0. The Bertz CT molecular complexity index is 1800. The van der Waals surface area contributed by atoms with Gasteiger partial charge in [-0.15, -0.1) is 0 Å². The van der Waals surface area contributed by atoms with E-state index < -0.39 is 23.9 Å². The molecular weight excluding hydrogens is 548 g/mol. The van der Waals surface area contributed by atoms with Gasteiger partial charge in [-0.2, -0.15) is 0 Å². The molecule has 13 heteroatoms. The zero-order valence-electron chi connectivity index (χ0n) is 23.6. The molecule has 0 saturated heterocycles. The van der Waals surface area contributed by atoms with E-state index in [1.165, 1.54) is 32.0 Å². The van der Waals surface area contributed by atoms with Gasteiger partial charge in [0, 0.05) is 61.5 Å². The lowest BCUT2D eigenvalue weighted by atomic mass is 10.0. The van der Waals surface area contributed by atoms with Crippen molar-refractivity contribution in [3.05, 3.63) is 40.8 Å². The molecule has 2 amide bonds. The second-order valence-electron chi connectivity index (χ2n) is 9.92. The van der Waals surface area contributed by atoms with E-state index in [2.05, 4.69) is 10.3 Å². The fourth-order valence-corrected chi connectivity index (χ4v) is 4.87. The number of likely N-dealkylation sites (N-methyl/N-ethyl adjacent to an activating group) is 1. The highest BCUT2D eigenvalue weighted by atomic mass is 16.7. The first kappa shape index (κ1) is 28.5. The highest BCUT2D eigenvalue weighted by molar-refractivity contribution is 6.15. The Morgan fingerprint density at radius 2 is 1.81 bits per heavy atom. The number of aliphatic carboxylic acids is 1. The number of pyridine rings is 2. The first-order valence-electron chi connectivity index (χ1n) is 13.3. The topological polar surface area (TPSA) is 159 Å². The summed E-state index contributed by atoms with van der Waals surface area (Å²) in [5.74, 6) is -0.861. The van der Waals surface area contributed by atoms with Crippen LogP contribution in [0.5, 0.6) is 23.0 Å². The number of carbonyl (C=O) groups is 3. The summed E-state index contributed by atoms with van der Waals surface area (Å²) in [5, 5.41) is 13.9. The van der Waals surface area contributed by atoms with Crippen LogP contribution < -0.4 is 29.8 Å². The maximum absolute atomic E-state index is 13.8. The van der Waals surface area contributed by atoms with Gasteiger partial charge in [-0.3, -0.25) is 19.4 Å². The summed E-state index contributed by atoms with van der Waals surface area (Å²) in [6.07, 6.45) is 0.788. The molecule has 2 N–H and O–H groups in total. The van der Waals surface area contributed by atoms with Crippen molar-refractivity contribution < 1.29 is 38.4 Å². The number of methoxy groups -OCH3 is 1. The molecule has 2 aromatic carbocycles. The fourth-order valence-electron chi connectivity index (χ4n) is 4.87. The molecule has 220 valence electrons. The number of fused-ring (bicyclic) bond motifs is 6. The average Bonchev–Trinajstić information content (AvgIpc) is 3.43. The van der Waals surface area contributed by atoms with Crippen molar-refractivity contribution in [1.29, 1.82) is 0 Å². The smallest absolute Gasteiger partial charge is 0.415 e. The van der Waals surface area contributed by atoms with Crippen LogP contribution in [0.15, 0.2) is 35.3 Å². The van der Waals surface area contributed by atoms with Gasteiger partial charge >= 0.3 is 12.1 Å². The first-order valence-corrected chi connectivity index (χ1v) is 13.3. The van der Waals surface area contributed by atoms with Crippen molar-refractivity contribution in [2.24, 2.45) is 5.92 Å². The largest absolute Gasteiger partial charge is 0.493 e. The van der Waals surface area contributed by atoms with E-state index in [1.807, 2.05) is 13.0 Å². The summed E-state index contributed by atoms with van der Waals surface area (Å²) in [6, 6.07) is 6.73. The van der Waals surface area contributed by atoms with Gasteiger partial charge in [0.25, 0.3) is 5.56 Å². The number of carbonyl (C=O) groups excluding carboxylic acids is 2. The Labute approximate surface area is 239 Å². The molecule has 0 bridgehead atoms. The Morgan fingerprint density at radius 3 is 2.50 bits per heavy atom. The van der Waals surface area contributed by atoms with E-state index in [-0.39, 0.29) is 43.4 Å². The van der Waals surface area contributed by atoms with Gasteiger partial charge in [-0.1, -0.05) is 6.92 Å². The van der Waals surface area contributed by atoms with Gasteiger partial charge in [0.2, 0.25) is 12.7 Å². The summed E-state index contributed by atoms with van der Waals surface area (Å²) in [6.45, 7) is 4.00. The number of carboxylic acids is 1. The lowest BCUT2D eigenvalue weighted by molar-refractivity contribution is -0.143. The van der Waals surface area contributed by atoms with E-state index in [1.54, 1.807) is 22.9 Å². The van der Waals surface area contributed by atoms with Crippen LogP contribution in [0.2, 0.25) is 0 Å². The van der Waals surface area contributed by atoms with E-state index in [4.69, 9.17) is 24.1 Å². The molecule has 0 fully saturated rings. The van der Waals surface area contributed by atoms with Gasteiger partial charge in [0.1, 0.15) is 0 Å². The molecule has 0 radical (unpaired) electrons. The fraction of sp³-hybridized carbons (Fsp3) is 0.345. The highest BCUT2D eigenvalue weighted by Gasteiger charge is 2.22. The normalized spacial score (nSPS) is 12.9. The van der Waals surface area contributed by atoms with Crippen LogP contribution in [-0.4, -0.2) is 71.6 Å². The number of ether oxygens (including phenoxy) is 4. The quantitative estimate of drug-likeness (QED) is 0.283. The van der Waals surface area contributed by atoms with Gasteiger partial charge in [-0.05, 0) is 25.1 Å². The van der Waals surface area contributed by atoms with E-state index in [0.29, 0.717) is 45.2 Å². The number of hydrogen-bond acceptors (Lipinski definition) is 9. The van der Waals surface area contributed by atoms with Crippen molar-refractivity contribution in [2.45, 2.75) is 26.8 Å². The number of aromatic nitrogens is 2. The van der Waals surface area contributed by atoms with E-state index in [0.717, 1.165) is 5.39 Å². The predicted octanol–water partition coefficient (Wildman–Crippen LogP) is 3.12. The van der Waals surface area contributed by atoms with Crippen molar-refractivity contribution >= 4 is 50.5 Å². The molecular formula is C29H30N4O9. The molecule has 3 heterocycles. The minimum atomic E-state index is -1.06. The molecule has 42 heavy (non-hydrogen) atoms. The number of aryl methyl sites for hydroxylation is 1. The third kappa shape index (κ3) is 5.20. The monoisotopic (exact) mass is 578 g/mol. The summed E-state index contributed by atoms with van der Waals surface area (Å²) in [7, 11) is 2.92. The molecule has 13 nitrogen and oxygen atoms in total. The standard InChI is InChI=1S/C29H30N4O9/c1-5-33-26-18-11-22-23(41-14-40-22)12-20(18)31-13-19(26)16-9-21(39-4)24(10-17(16)27(33)35)42-29(38)32(3)7-6-30-25(34)8-15(2)28(36)37/h9-13,15H,5-8,14H2,1-4H3,(H,30,34)(H,36,37). The van der Waals surface area contributed by atoms with Crippen LogP contribution in [0.25, 0.3) is 32.6 Å². The Hall–Kier alpha value is -5.07. The molecule has 0 saturated carbocycles. The minimum absolute atomic E-state index is 0.0531. The molecule has 4 aromatic rings. The molecule has 2 aromatic heterocycles. The van der Waals surface area contributed by atoms with Gasteiger partial charge in [-0.25, -0.2) is 4.79 Å². The van der Waals surface area contributed by atoms with Crippen molar-refractivity contribution in [3.8, 4) is 23.0 Å². The Balaban J connectivity index is 1.45. The molecule has 1 aliphatic heterocycles. The molecule has 1 aliphatic rings. The van der Waals surface area contributed by atoms with Crippen LogP contribution in [0.3, 0.4) is 0 Å². The SMILES string of the molecule is CCn1c(=O)c2cc(OC(=O)N(C)CCNC(=O)CC(C)C(=O)O)c(OC)cc2c2cnc3cc4c(cc3c21)OCO4. The zero-order valence-corrected chi connectivity index (χ0v) is 23.6. The zero-order chi connectivity index (χ0) is 30.1. The Morgan fingerprint density at radius 1 is 1.10 bits per heavy atom. The number of rotatable bonds is 9. The minimum Gasteiger partial charge on any atom is -0.493 e. The second kappa shape index (κ2) is 11.4. The number of nitrogens with one attached hydrogen (secondary N) is 1. The molecule has 1 atom stereocenters. The highest BCUT2D eigenvalue weighted by Crippen LogP contribution is 2.40. The number of hydrogen-bond donors (Lipinski definition) is 2. The summed E-state index contributed by atoms with van der Waals surface area (Å²) < 4.78 is 23.8. The lowest BCUT2D eigenvalue weighted by Crippen LogP contribution is -2.38.